The number of rotatable bonds is 7. The molecule has 0 aromatic heterocycles. The summed E-state index contributed by atoms with van der Waals surface area (Å²) in [7, 11) is -6.11. The van der Waals surface area contributed by atoms with E-state index < -0.39 is 30.6 Å². The molecule has 4 rings (SSSR count). The molecule has 10 nitrogen and oxygen atoms in total. The molecule has 0 unspecified atom stereocenters. The summed E-state index contributed by atoms with van der Waals surface area (Å²) in [6.07, 6.45) is 1.04. The Morgan fingerprint density at radius 3 is 2.08 bits per heavy atom. The van der Waals surface area contributed by atoms with Gasteiger partial charge in [0.15, 0.2) is 5.69 Å². The standard InChI is InChI=1S/C25H26Cl2N4O6S2/c1-29(38(2,34)35)24-6-4-3-5-23(24)25(32)28-20-7-9-22(10-8-20)39(36,37)30-11-13-31(33,14-12-30)21-16-18(26)15-19(27)17-21/h3-10,15-17,33H,11-14H2,1-2H3/p+1. The number of nitrogens with zero attached hydrogens (tertiary/aromatic N) is 3. The fraction of sp³-hybridized carbons (Fsp3) is 0.240. The van der Waals surface area contributed by atoms with Crippen LogP contribution in [-0.4, -0.2) is 71.7 Å². The number of quaternary nitrogens is 1. The van der Waals surface area contributed by atoms with Gasteiger partial charge < -0.3 is 5.32 Å². The highest BCUT2D eigenvalue weighted by Crippen LogP contribution is 2.31. The van der Waals surface area contributed by atoms with Gasteiger partial charge in [-0.25, -0.2) is 22.0 Å². The maximum absolute atomic E-state index is 13.3. The molecular formula is C25H27Cl2N4O6S2+. The Balaban J connectivity index is 1.46. The maximum atomic E-state index is 13.3. The Hall–Kier alpha value is -2.71. The molecule has 0 saturated carbocycles. The number of piperazine rings is 1. The maximum Gasteiger partial charge on any atom is 0.257 e. The van der Waals surface area contributed by atoms with Crippen molar-refractivity contribution in [2.45, 2.75) is 4.90 Å². The van der Waals surface area contributed by atoms with E-state index in [1.807, 2.05) is 0 Å². The molecule has 0 spiro atoms. The van der Waals surface area contributed by atoms with Crippen LogP contribution in [0.2, 0.25) is 10.0 Å². The number of nitrogens with one attached hydrogen (secondary N) is 1. The zero-order valence-corrected chi connectivity index (χ0v) is 24.2. The third kappa shape index (κ3) is 6.38. The van der Waals surface area contributed by atoms with E-state index in [0.29, 0.717) is 21.4 Å². The van der Waals surface area contributed by atoms with Gasteiger partial charge in [-0.1, -0.05) is 35.3 Å². The molecule has 1 amide bonds. The minimum atomic E-state index is -3.87. The van der Waals surface area contributed by atoms with Crippen molar-refractivity contribution in [3.05, 3.63) is 82.3 Å². The number of para-hydroxylation sites is 1. The highest BCUT2D eigenvalue weighted by atomic mass is 35.5. The zero-order chi connectivity index (χ0) is 28.6. The first-order valence-electron chi connectivity index (χ1n) is 11.7. The summed E-state index contributed by atoms with van der Waals surface area (Å²) >= 11 is 12.1. The number of amides is 1. The smallest absolute Gasteiger partial charge is 0.257 e. The van der Waals surface area contributed by atoms with Crippen molar-refractivity contribution in [2.75, 3.05) is 49.1 Å². The molecule has 0 aliphatic carbocycles. The molecule has 3 aromatic rings. The van der Waals surface area contributed by atoms with Gasteiger partial charge in [-0.05, 0) is 42.5 Å². The van der Waals surface area contributed by atoms with E-state index in [9.17, 15) is 26.8 Å². The fourth-order valence-electron chi connectivity index (χ4n) is 4.23. The van der Waals surface area contributed by atoms with E-state index in [1.165, 1.54) is 47.8 Å². The van der Waals surface area contributed by atoms with Gasteiger partial charge >= 0.3 is 0 Å². The van der Waals surface area contributed by atoms with E-state index in [2.05, 4.69) is 5.32 Å². The van der Waals surface area contributed by atoms with Crippen LogP contribution in [0, 0.1) is 0 Å². The van der Waals surface area contributed by atoms with Gasteiger partial charge in [-0.15, -0.1) is 4.65 Å². The highest BCUT2D eigenvalue weighted by molar-refractivity contribution is 7.92. The molecule has 3 aromatic carbocycles. The fourth-order valence-corrected chi connectivity index (χ4v) is 6.69. The predicted molar refractivity (Wildman–Crippen MR) is 153 cm³/mol. The molecular weight excluding hydrogens is 587 g/mol. The second-order valence-corrected chi connectivity index (χ2v) is 14.0. The van der Waals surface area contributed by atoms with Gasteiger partial charge in [0.2, 0.25) is 20.0 Å². The summed E-state index contributed by atoms with van der Waals surface area (Å²) in [5, 5.41) is 14.5. The van der Waals surface area contributed by atoms with Crippen LogP contribution in [0.4, 0.5) is 17.1 Å². The Labute approximate surface area is 237 Å². The van der Waals surface area contributed by atoms with Crippen LogP contribution in [0.25, 0.3) is 0 Å². The summed E-state index contributed by atoms with van der Waals surface area (Å²) in [5.74, 6) is -0.550. The van der Waals surface area contributed by atoms with Crippen LogP contribution >= 0.6 is 23.2 Å². The lowest BCUT2D eigenvalue weighted by Crippen LogP contribution is -2.59. The molecule has 1 fully saturated rings. The Kier molecular flexibility index (Phi) is 8.29. The number of hydrogen-bond acceptors (Lipinski definition) is 6. The third-order valence-corrected chi connectivity index (χ3v) is 10.0. The van der Waals surface area contributed by atoms with E-state index in [1.54, 1.807) is 30.3 Å². The van der Waals surface area contributed by atoms with E-state index in [-0.39, 0.29) is 42.3 Å². The molecule has 0 atom stereocenters. The number of sulfonamides is 2. The second-order valence-electron chi connectivity index (χ2n) is 9.13. The van der Waals surface area contributed by atoms with E-state index in [0.717, 1.165) is 10.6 Å². The predicted octanol–water partition coefficient (Wildman–Crippen LogP) is 4.04. The van der Waals surface area contributed by atoms with Gasteiger partial charge in [0.05, 0.1) is 35.5 Å². The number of hydroxylamine groups is 2. The van der Waals surface area contributed by atoms with Crippen molar-refractivity contribution in [1.29, 1.82) is 0 Å². The Morgan fingerprint density at radius 1 is 0.949 bits per heavy atom. The van der Waals surface area contributed by atoms with Crippen LogP contribution in [0.3, 0.4) is 0 Å². The number of anilines is 2. The Morgan fingerprint density at radius 2 is 1.51 bits per heavy atom. The van der Waals surface area contributed by atoms with Gasteiger partial charge in [0.1, 0.15) is 13.1 Å². The average molecular weight is 615 g/mol. The van der Waals surface area contributed by atoms with Crippen LogP contribution < -0.4 is 14.3 Å². The molecule has 2 N–H and O–H groups in total. The van der Waals surface area contributed by atoms with Crippen molar-refractivity contribution >= 4 is 66.2 Å². The first kappa shape index (κ1) is 29.3. The molecule has 14 heteroatoms. The molecule has 1 aliphatic heterocycles. The summed E-state index contributed by atoms with van der Waals surface area (Å²) in [6, 6.07) is 16.7. The molecule has 208 valence electrons. The minimum absolute atomic E-state index is 0.0291. The number of benzene rings is 3. The summed E-state index contributed by atoms with van der Waals surface area (Å²) in [4.78, 5) is 12.9. The van der Waals surface area contributed by atoms with Crippen LogP contribution in [0.15, 0.2) is 71.6 Å². The van der Waals surface area contributed by atoms with Crippen molar-refractivity contribution in [2.24, 2.45) is 0 Å². The average Bonchev–Trinajstić information content (AvgIpc) is 2.88. The van der Waals surface area contributed by atoms with Gasteiger partial charge in [0.25, 0.3) is 5.91 Å². The SMILES string of the molecule is CN(c1ccccc1C(=O)Nc1ccc(S(=O)(=O)N2CC[N+](O)(c3cc(Cl)cc(Cl)c3)CC2)cc1)S(C)(=O)=O. The summed E-state index contributed by atoms with van der Waals surface area (Å²) in [6.45, 7) is 0.328. The summed E-state index contributed by atoms with van der Waals surface area (Å²) in [5.41, 5.74) is 1.16. The topological polar surface area (TPSA) is 124 Å². The first-order chi connectivity index (χ1) is 18.2. The van der Waals surface area contributed by atoms with Crippen LogP contribution in [0.1, 0.15) is 10.4 Å². The lowest BCUT2D eigenvalue weighted by molar-refractivity contribution is -0.0970. The highest BCUT2D eigenvalue weighted by Gasteiger charge is 2.39. The monoisotopic (exact) mass is 613 g/mol. The zero-order valence-electron chi connectivity index (χ0n) is 21.1. The molecule has 1 heterocycles. The van der Waals surface area contributed by atoms with E-state index >= 15 is 0 Å². The number of halogens is 2. The first-order valence-corrected chi connectivity index (χ1v) is 15.8. The number of carbonyl (C=O) groups is 1. The molecule has 1 saturated heterocycles. The Bertz CT molecular complexity index is 1590. The van der Waals surface area contributed by atoms with Crippen LogP contribution in [0.5, 0.6) is 0 Å². The number of carbonyl (C=O) groups excluding carboxylic acids is 1. The normalized spacial score (nSPS) is 16.0. The van der Waals surface area contributed by atoms with Crippen LogP contribution in [-0.2, 0) is 20.0 Å². The van der Waals surface area contributed by atoms with Crippen molar-refractivity contribution in [3.63, 3.8) is 0 Å². The quantitative estimate of drug-likeness (QED) is 0.388. The van der Waals surface area contributed by atoms with Crippen molar-refractivity contribution in [1.82, 2.24) is 8.95 Å². The molecule has 0 bridgehead atoms. The van der Waals surface area contributed by atoms with Crippen molar-refractivity contribution < 1.29 is 26.8 Å². The molecule has 0 radical (unpaired) electrons. The number of hydrogen-bond donors (Lipinski definition) is 2. The van der Waals surface area contributed by atoms with Gasteiger partial charge in [-0.2, -0.15) is 4.31 Å². The molecule has 39 heavy (non-hydrogen) atoms. The lowest BCUT2D eigenvalue weighted by atomic mass is 10.1. The largest absolute Gasteiger partial charge is 0.322 e. The molecule has 1 aliphatic rings. The third-order valence-electron chi connectivity index (χ3n) is 6.50. The van der Waals surface area contributed by atoms with Crippen molar-refractivity contribution in [3.8, 4) is 0 Å². The minimum Gasteiger partial charge on any atom is -0.322 e. The second kappa shape index (κ2) is 11.0. The van der Waals surface area contributed by atoms with E-state index in [4.69, 9.17) is 23.2 Å². The summed E-state index contributed by atoms with van der Waals surface area (Å²) < 4.78 is 52.3. The van der Waals surface area contributed by atoms with Gasteiger partial charge in [0, 0.05) is 34.9 Å². The lowest BCUT2D eigenvalue weighted by Gasteiger charge is -2.37. The van der Waals surface area contributed by atoms with Gasteiger partial charge in [-0.3, -0.25) is 9.10 Å².